The van der Waals surface area contributed by atoms with Crippen LogP contribution < -0.4 is 9.47 Å². The second kappa shape index (κ2) is 20.4. The maximum absolute atomic E-state index is 11.6. The monoisotopic (exact) mass is 836 g/mol. The third kappa shape index (κ3) is 10.7. The number of unbranched alkanes of at least 4 members (excludes halogenated alkanes) is 3. The molecule has 7 rings (SSSR count). The molecule has 0 saturated carbocycles. The van der Waals surface area contributed by atoms with Crippen molar-refractivity contribution in [2.45, 2.75) is 86.5 Å². The Morgan fingerprint density at radius 3 is 1.52 bits per heavy atom. The van der Waals surface area contributed by atoms with Gasteiger partial charge in [-0.1, -0.05) is 43.0 Å². The highest BCUT2D eigenvalue weighted by molar-refractivity contribution is 5.82. The van der Waals surface area contributed by atoms with Crippen molar-refractivity contribution in [3.63, 3.8) is 0 Å². The predicted molar refractivity (Wildman–Crippen MR) is 244 cm³/mol. The number of hydrogen-bond donors (Lipinski definition) is 0. The first-order valence-electron chi connectivity index (χ1n) is 21.6. The number of rotatable bonds is 21. The number of fused-ring (bicyclic) bond motifs is 2. The number of benzene rings is 5. The van der Waals surface area contributed by atoms with Gasteiger partial charge in [-0.25, -0.2) is 9.97 Å². The molecule has 0 aliphatic heterocycles. The highest BCUT2D eigenvalue weighted by Gasteiger charge is 2.16. The number of oxazole rings is 2. The highest BCUT2D eigenvalue weighted by atomic mass is 17.2. The molecule has 10 nitrogen and oxygen atoms in total. The van der Waals surface area contributed by atoms with Crippen molar-refractivity contribution in [2.24, 2.45) is 0 Å². The van der Waals surface area contributed by atoms with Crippen molar-refractivity contribution in [2.75, 3.05) is 26.4 Å². The van der Waals surface area contributed by atoms with Gasteiger partial charge in [-0.15, -0.1) is 0 Å². The molecular formula is C52H56N2O8. The third-order valence-electron chi connectivity index (χ3n) is 10.8. The highest BCUT2D eigenvalue weighted by Crippen LogP contribution is 2.36. The minimum Gasteiger partial charge on any atom is -0.493 e. The van der Waals surface area contributed by atoms with E-state index in [1.54, 1.807) is 0 Å². The van der Waals surface area contributed by atoms with Crippen LogP contribution in [0.1, 0.15) is 81.0 Å². The Hall–Kier alpha value is -6.39. The normalized spacial score (nSPS) is 11.3. The molecule has 0 radical (unpaired) electrons. The largest absolute Gasteiger partial charge is 0.493 e. The molecule has 0 atom stereocenters. The molecule has 62 heavy (non-hydrogen) atoms. The SMILES string of the molecule is C=C(CCCCOc1cc2oc(-c3ccc(-c4cc(C)c(-c5ccc(-c6nc7cc(C)c(OCCCCCC(=O)OCC)cc7o6)cc5)cc4C)cc3)nc2cc1C)OOCC. The molecule has 0 N–H and O–H groups in total. The molecular weight excluding hydrogens is 781 g/mol. The molecule has 2 aromatic heterocycles. The summed E-state index contributed by atoms with van der Waals surface area (Å²) in [5.41, 5.74) is 13.7. The zero-order chi connectivity index (χ0) is 43.6. The third-order valence-corrected chi connectivity index (χ3v) is 10.8. The smallest absolute Gasteiger partial charge is 0.305 e. The van der Waals surface area contributed by atoms with Crippen molar-refractivity contribution < 1.29 is 37.6 Å². The van der Waals surface area contributed by atoms with Crippen molar-refractivity contribution in [3.8, 4) is 56.7 Å². The Kier molecular flexibility index (Phi) is 14.4. The van der Waals surface area contributed by atoms with E-state index in [2.05, 4.69) is 81.1 Å². The fraction of sp³-hybridized carbons (Fsp3) is 0.327. The fourth-order valence-corrected chi connectivity index (χ4v) is 7.45. The first-order chi connectivity index (χ1) is 30.1. The van der Waals surface area contributed by atoms with E-state index in [1.807, 2.05) is 52.0 Å². The summed E-state index contributed by atoms with van der Waals surface area (Å²) in [4.78, 5) is 31.2. The van der Waals surface area contributed by atoms with Gasteiger partial charge >= 0.3 is 5.97 Å². The number of allylic oxidation sites excluding steroid dienone is 1. The number of esters is 1. The summed E-state index contributed by atoms with van der Waals surface area (Å²) in [6.07, 6.45) is 5.46. The van der Waals surface area contributed by atoms with Crippen LogP contribution in [0.4, 0.5) is 0 Å². The first kappa shape index (κ1) is 43.7. The number of carbonyl (C=O) groups excluding carboxylic acids is 1. The summed E-state index contributed by atoms with van der Waals surface area (Å²) in [5.74, 6) is 3.19. The van der Waals surface area contributed by atoms with E-state index in [-0.39, 0.29) is 5.97 Å². The van der Waals surface area contributed by atoms with E-state index in [9.17, 15) is 4.79 Å². The Morgan fingerprint density at radius 2 is 1.03 bits per heavy atom. The molecule has 322 valence electrons. The van der Waals surface area contributed by atoms with Gasteiger partial charge in [-0.05, 0) is 155 Å². The van der Waals surface area contributed by atoms with Crippen LogP contribution in [0.3, 0.4) is 0 Å². The summed E-state index contributed by atoms with van der Waals surface area (Å²) in [6, 6.07) is 29.1. The molecule has 0 spiro atoms. The van der Waals surface area contributed by atoms with Crippen LogP contribution in [-0.2, 0) is 19.3 Å². The predicted octanol–water partition coefficient (Wildman–Crippen LogP) is 13.4. The second-order valence-corrected chi connectivity index (χ2v) is 15.6. The van der Waals surface area contributed by atoms with Crippen molar-refractivity contribution in [3.05, 3.63) is 120 Å². The maximum Gasteiger partial charge on any atom is 0.305 e. The number of aromatic nitrogens is 2. The van der Waals surface area contributed by atoms with Gasteiger partial charge in [0, 0.05) is 36.1 Å². The van der Waals surface area contributed by atoms with Crippen LogP contribution in [0.25, 0.3) is 67.4 Å². The van der Waals surface area contributed by atoms with E-state index in [0.717, 1.165) is 94.4 Å². The summed E-state index contributed by atoms with van der Waals surface area (Å²) in [6.45, 7) is 18.0. The second-order valence-electron chi connectivity index (χ2n) is 15.6. The number of aryl methyl sites for hydroxylation is 4. The van der Waals surface area contributed by atoms with E-state index in [1.165, 1.54) is 22.3 Å². The van der Waals surface area contributed by atoms with Gasteiger partial charge in [0.2, 0.25) is 11.8 Å². The van der Waals surface area contributed by atoms with Gasteiger partial charge < -0.3 is 27.9 Å². The van der Waals surface area contributed by atoms with E-state index in [4.69, 9.17) is 42.8 Å². The standard InChI is InChI=1S/C52H56N2O8/c1-8-56-50(55)16-11-10-13-25-57-46-31-48-44(29-35(46)5)53-51(60-48)40-21-17-38(18-22-40)42-27-34(4)43(28-33(42)3)39-19-23-41(24-20-39)52-54-45-30-36(6)47(32-49(45)61-52)58-26-14-12-15-37(7)62-59-9-2/h17-24,27-32H,7-16,25-26H2,1-6H3. The molecule has 7 aromatic rings. The van der Waals surface area contributed by atoms with Crippen LogP contribution >= 0.6 is 0 Å². The molecule has 0 unspecified atom stereocenters. The van der Waals surface area contributed by atoms with Crippen LogP contribution in [0.5, 0.6) is 11.5 Å². The minimum atomic E-state index is -0.142. The molecule has 0 aliphatic carbocycles. The fourth-order valence-electron chi connectivity index (χ4n) is 7.45. The van der Waals surface area contributed by atoms with Crippen LogP contribution in [0.15, 0.2) is 106 Å². The molecule has 5 aromatic carbocycles. The molecule has 0 fully saturated rings. The van der Waals surface area contributed by atoms with E-state index in [0.29, 0.717) is 61.6 Å². The van der Waals surface area contributed by atoms with Gasteiger partial charge in [0.1, 0.15) is 28.3 Å². The van der Waals surface area contributed by atoms with Crippen LogP contribution in [-0.4, -0.2) is 42.4 Å². The average Bonchev–Trinajstić information content (AvgIpc) is 3.88. The number of nitrogens with zero attached hydrogens (tertiary/aromatic N) is 2. The van der Waals surface area contributed by atoms with Crippen molar-refractivity contribution in [1.29, 1.82) is 0 Å². The van der Waals surface area contributed by atoms with Gasteiger partial charge in [-0.3, -0.25) is 4.79 Å². The Balaban J connectivity index is 0.968. The van der Waals surface area contributed by atoms with E-state index < -0.39 is 0 Å². The number of carbonyl (C=O) groups is 1. The number of ether oxygens (including phenoxy) is 3. The zero-order valence-electron chi connectivity index (χ0n) is 36.7. The Labute approximate surface area is 363 Å². The van der Waals surface area contributed by atoms with Crippen molar-refractivity contribution in [1.82, 2.24) is 9.97 Å². The van der Waals surface area contributed by atoms with Gasteiger partial charge in [-0.2, -0.15) is 4.89 Å². The van der Waals surface area contributed by atoms with Crippen LogP contribution in [0, 0.1) is 27.7 Å². The molecule has 0 amide bonds. The minimum absolute atomic E-state index is 0.142. The lowest BCUT2D eigenvalue weighted by atomic mass is 9.91. The Bertz CT molecular complexity index is 2640. The van der Waals surface area contributed by atoms with Gasteiger partial charge in [0.25, 0.3) is 0 Å². The van der Waals surface area contributed by atoms with Crippen LogP contribution in [0.2, 0.25) is 0 Å². The average molecular weight is 837 g/mol. The summed E-state index contributed by atoms with van der Waals surface area (Å²) >= 11 is 0. The zero-order valence-corrected chi connectivity index (χ0v) is 36.7. The molecule has 0 bridgehead atoms. The molecule has 10 heteroatoms. The maximum atomic E-state index is 11.6. The van der Waals surface area contributed by atoms with Gasteiger partial charge in [0.05, 0.1) is 26.4 Å². The lowest BCUT2D eigenvalue weighted by molar-refractivity contribution is -0.259. The molecule has 0 aliphatic rings. The molecule has 0 saturated heterocycles. The topological polar surface area (TPSA) is 115 Å². The quantitative estimate of drug-likeness (QED) is 0.0228. The summed E-state index contributed by atoms with van der Waals surface area (Å²) in [5, 5.41) is 0. The Morgan fingerprint density at radius 1 is 0.565 bits per heavy atom. The van der Waals surface area contributed by atoms with Crippen molar-refractivity contribution >= 4 is 28.2 Å². The number of hydrogen-bond acceptors (Lipinski definition) is 10. The first-order valence-corrected chi connectivity index (χ1v) is 21.6. The van der Waals surface area contributed by atoms with Gasteiger partial charge in [0.15, 0.2) is 11.2 Å². The van der Waals surface area contributed by atoms with E-state index >= 15 is 0 Å². The summed E-state index contributed by atoms with van der Waals surface area (Å²) in [7, 11) is 0. The lowest BCUT2D eigenvalue weighted by Gasteiger charge is -2.13. The molecule has 2 heterocycles. The summed E-state index contributed by atoms with van der Waals surface area (Å²) < 4.78 is 29.6. The lowest BCUT2D eigenvalue weighted by Crippen LogP contribution is -2.04.